The lowest BCUT2D eigenvalue weighted by atomic mass is 9.92. The normalized spacial score (nSPS) is 11.8. The van der Waals surface area contributed by atoms with Gasteiger partial charge in [0, 0.05) is 5.41 Å². The summed E-state index contributed by atoms with van der Waals surface area (Å²) in [6.45, 7) is 6.04. The molecule has 7 heteroatoms. The highest BCUT2D eigenvalue weighted by Gasteiger charge is 2.25. The number of nitrogens with zero attached hydrogens (tertiary/aromatic N) is 4. The van der Waals surface area contributed by atoms with Crippen LogP contribution in [-0.2, 0) is 5.41 Å². The molecule has 0 saturated heterocycles. The molecule has 0 bridgehead atoms. The van der Waals surface area contributed by atoms with Gasteiger partial charge < -0.3 is 5.73 Å². The summed E-state index contributed by atoms with van der Waals surface area (Å²) in [4.78, 5) is 0. The number of halogens is 2. The molecule has 0 atom stereocenters. The van der Waals surface area contributed by atoms with Gasteiger partial charge in [-0.15, -0.1) is 10.2 Å². The monoisotopic (exact) mass is 285 g/mol. The van der Waals surface area contributed by atoms with E-state index in [1.54, 1.807) is 12.1 Å². The van der Waals surface area contributed by atoms with E-state index in [9.17, 15) is 0 Å². The predicted octanol–water partition coefficient (Wildman–Crippen LogP) is 2.85. The number of nitrogen functional groups attached to an aromatic ring is 1. The van der Waals surface area contributed by atoms with Gasteiger partial charge in [-0.05, 0) is 12.1 Å². The largest absolute Gasteiger partial charge is 0.382 e. The van der Waals surface area contributed by atoms with E-state index in [1.165, 1.54) is 4.68 Å². The topological polar surface area (TPSA) is 69.6 Å². The van der Waals surface area contributed by atoms with Crippen molar-refractivity contribution in [2.75, 3.05) is 5.73 Å². The Morgan fingerprint density at radius 2 is 1.83 bits per heavy atom. The fourth-order valence-corrected chi connectivity index (χ4v) is 1.99. The summed E-state index contributed by atoms with van der Waals surface area (Å²) in [5, 5.41) is 12.8. The lowest BCUT2D eigenvalue weighted by molar-refractivity contribution is 0.559. The van der Waals surface area contributed by atoms with Crippen molar-refractivity contribution < 1.29 is 0 Å². The van der Waals surface area contributed by atoms with E-state index in [0.717, 1.165) is 5.69 Å². The van der Waals surface area contributed by atoms with E-state index in [1.807, 2.05) is 20.8 Å². The summed E-state index contributed by atoms with van der Waals surface area (Å²) in [5.41, 5.74) is 6.46. The van der Waals surface area contributed by atoms with E-state index in [0.29, 0.717) is 21.8 Å². The second kappa shape index (κ2) is 4.40. The van der Waals surface area contributed by atoms with Gasteiger partial charge in [-0.1, -0.05) is 44.0 Å². The minimum atomic E-state index is -0.198. The van der Waals surface area contributed by atoms with Gasteiger partial charge in [0.2, 0.25) is 0 Å². The number of hydrogen-bond acceptors (Lipinski definition) is 4. The molecule has 0 spiro atoms. The minimum absolute atomic E-state index is 0.198. The van der Waals surface area contributed by atoms with Gasteiger partial charge in [0.05, 0.1) is 5.69 Å². The van der Waals surface area contributed by atoms with Crippen LogP contribution in [0.2, 0.25) is 10.2 Å². The zero-order valence-corrected chi connectivity index (χ0v) is 11.8. The van der Waals surface area contributed by atoms with E-state index < -0.39 is 0 Å². The highest BCUT2D eigenvalue weighted by molar-refractivity contribution is 6.33. The molecule has 2 rings (SSSR count). The van der Waals surface area contributed by atoms with Crippen molar-refractivity contribution in [3.05, 3.63) is 28.0 Å². The molecule has 96 valence electrons. The molecule has 0 radical (unpaired) electrons. The highest BCUT2D eigenvalue weighted by Crippen LogP contribution is 2.33. The van der Waals surface area contributed by atoms with E-state index >= 15 is 0 Å². The van der Waals surface area contributed by atoms with E-state index in [-0.39, 0.29) is 5.41 Å². The van der Waals surface area contributed by atoms with Crippen molar-refractivity contribution in [3.63, 3.8) is 0 Å². The molecule has 18 heavy (non-hydrogen) atoms. The Morgan fingerprint density at radius 3 is 2.28 bits per heavy atom. The molecule has 2 aromatic heterocycles. The van der Waals surface area contributed by atoms with Crippen molar-refractivity contribution in [2.45, 2.75) is 26.2 Å². The van der Waals surface area contributed by atoms with Gasteiger partial charge in [0.1, 0.15) is 10.8 Å². The summed E-state index contributed by atoms with van der Waals surface area (Å²) < 4.78 is 1.46. The molecule has 0 aromatic carbocycles. The Labute approximate surface area is 115 Å². The lowest BCUT2D eigenvalue weighted by Gasteiger charge is -2.14. The Bertz CT molecular complexity index is 568. The second-order valence-corrected chi connectivity index (χ2v) is 5.69. The highest BCUT2D eigenvalue weighted by atomic mass is 35.5. The first-order chi connectivity index (χ1) is 8.30. The predicted molar refractivity (Wildman–Crippen MR) is 72.3 cm³/mol. The first kappa shape index (κ1) is 13.1. The fraction of sp³-hybridized carbons (Fsp3) is 0.364. The number of anilines is 1. The maximum atomic E-state index is 6.20. The third kappa shape index (κ3) is 2.28. The Hall–Kier alpha value is -1.33. The molecule has 0 unspecified atom stereocenters. The zero-order valence-electron chi connectivity index (χ0n) is 10.3. The molecule has 2 heterocycles. The zero-order chi connectivity index (χ0) is 13.5. The van der Waals surface area contributed by atoms with Crippen LogP contribution in [0.3, 0.4) is 0 Å². The standard InChI is InChI=1S/C11H13Cl2N5/c1-11(2,3)9-8(13)10(14)18(17-9)7-5-4-6(12)15-16-7/h4-5H,14H2,1-3H3. The molecule has 5 nitrogen and oxygen atoms in total. The van der Waals surface area contributed by atoms with Crippen molar-refractivity contribution in [1.82, 2.24) is 20.0 Å². The molecule has 2 aromatic rings. The second-order valence-electron chi connectivity index (χ2n) is 4.92. The maximum absolute atomic E-state index is 6.20. The summed E-state index contributed by atoms with van der Waals surface area (Å²) in [5.74, 6) is 0.826. The van der Waals surface area contributed by atoms with Crippen LogP contribution in [0.5, 0.6) is 0 Å². The van der Waals surface area contributed by atoms with Gasteiger partial charge in [0.25, 0.3) is 0 Å². The molecule has 0 amide bonds. The lowest BCUT2D eigenvalue weighted by Crippen LogP contribution is -2.13. The van der Waals surface area contributed by atoms with Crippen molar-refractivity contribution >= 4 is 29.0 Å². The van der Waals surface area contributed by atoms with Crippen molar-refractivity contribution in [1.29, 1.82) is 0 Å². The molecular formula is C11H13Cl2N5. The number of rotatable bonds is 1. The summed E-state index contributed by atoms with van der Waals surface area (Å²) in [6, 6.07) is 3.30. The smallest absolute Gasteiger partial charge is 0.178 e. The fourth-order valence-electron chi connectivity index (χ4n) is 1.49. The van der Waals surface area contributed by atoms with Gasteiger partial charge in [-0.25, -0.2) is 0 Å². The number of hydrogen-bond donors (Lipinski definition) is 1. The van der Waals surface area contributed by atoms with Gasteiger partial charge in [-0.2, -0.15) is 9.78 Å². The van der Waals surface area contributed by atoms with Crippen LogP contribution < -0.4 is 5.73 Å². The van der Waals surface area contributed by atoms with Gasteiger partial charge in [0.15, 0.2) is 11.0 Å². The Kier molecular flexibility index (Phi) is 3.21. The molecule has 0 aliphatic carbocycles. The van der Waals surface area contributed by atoms with E-state index in [4.69, 9.17) is 28.9 Å². The molecule has 0 fully saturated rings. The SMILES string of the molecule is CC(C)(C)c1nn(-c2ccc(Cl)nn2)c(N)c1Cl. The maximum Gasteiger partial charge on any atom is 0.178 e. The van der Waals surface area contributed by atoms with Crippen LogP contribution in [0.25, 0.3) is 5.82 Å². The van der Waals surface area contributed by atoms with Crippen LogP contribution in [0.15, 0.2) is 12.1 Å². The summed E-state index contributed by atoms with van der Waals surface area (Å²) >= 11 is 11.9. The first-order valence-corrected chi connectivity index (χ1v) is 6.10. The van der Waals surface area contributed by atoms with Crippen LogP contribution in [0, 0.1) is 0 Å². The average Bonchev–Trinajstić information content (AvgIpc) is 2.57. The Balaban J connectivity index is 2.56. The van der Waals surface area contributed by atoms with Gasteiger partial charge in [-0.3, -0.25) is 0 Å². The third-order valence-electron chi connectivity index (χ3n) is 2.41. The van der Waals surface area contributed by atoms with E-state index in [2.05, 4.69) is 15.3 Å². The number of aromatic nitrogens is 4. The molecule has 2 N–H and O–H groups in total. The van der Waals surface area contributed by atoms with Crippen LogP contribution in [-0.4, -0.2) is 20.0 Å². The minimum Gasteiger partial charge on any atom is -0.382 e. The number of nitrogens with two attached hydrogens (primary N) is 1. The molecule has 0 aliphatic heterocycles. The average molecular weight is 286 g/mol. The summed E-state index contributed by atoms with van der Waals surface area (Å²) in [6.07, 6.45) is 0. The van der Waals surface area contributed by atoms with Crippen molar-refractivity contribution in [3.8, 4) is 5.82 Å². The quantitative estimate of drug-likeness (QED) is 0.875. The molecular weight excluding hydrogens is 273 g/mol. The van der Waals surface area contributed by atoms with Crippen LogP contribution in [0.1, 0.15) is 26.5 Å². The van der Waals surface area contributed by atoms with Crippen molar-refractivity contribution in [2.24, 2.45) is 0 Å². The van der Waals surface area contributed by atoms with Crippen LogP contribution >= 0.6 is 23.2 Å². The Morgan fingerprint density at radius 1 is 1.17 bits per heavy atom. The summed E-state index contributed by atoms with van der Waals surface area (Å²) in [7, 11) is 0. The van der Waals surface area contributed by atoms with Crippen LogP contribution in [0.4, 0.5) is 5.82 Å². The molecule has 0 saturated carbocycles. The third-order valence-corrected chi connectivity index (χ3v) is 2.98. The van der Waals surface area contributed by atoms with Gasteiger partial charge >= 0.3 is 0 Å². The first-order valence-electron chi connectivity index (χ1n) is 5.35. The molecule has 0 aliphatic rings.